The summed E-state index contributed by atoms with van der Waals surface area (Å²) < 4.78 is 7.52. The number of benzene rings is 2. The largest absolute Gasteiger partial charge is 0.451 e. The lowest BCUT2D eigenvalue weighted by molar-refractivity contribution is 0.0974. The second-order valence-electron chi connectivity index (χ2n) is 5.54. The molecular formula is C19H13ClN2O2S. The minimum absolute atomic E-state index is 0.231. The monoisotopic (exact) mass is 368 g/mol. The van der Waals surface area contributed by atoms with Crippen molar-refractivity contribution in [1.82, 2.24) is 4.57 Å². The Bertz CT molecular complexity index is 1100. The Morgan fingerprint density at radius 2 is 1.92 bits per heavy atom. The van der Waals surface area contributed by atoms with Gasteiger partial charge in [0.15, 0.2) is 10.6 Å². The lowest BCUT2D eigenvalue weighted by Crippen LogP contribution is -2.16. The van der Waals surface area contributed by atoms with Gasteiger partial charge in [0.2, 0.25) is 0 Å². The van der Waals surface area contributed by atoms with Gasteiger partial charge in [-0.2, -0.15) is 4.99 Å². The number of thiazole rings is 1. The van der Waals surface area contributed by atoms with Gasteiger partial charge in [0.1, 0.15) is 5.58 Å². The van der Waals surface area contributed by atoms with Crippen LogP contribution in [-0.4, -0.2) is 10.5 Å². The van der Waals surface area contributed by atoms with Crippen LogP contribution < -0.4 is 4.80 Å². The number of fused-ring (bicyclic) bond motifs is 1. The summed E-state index contributed by atoms with van der Waals surface area (Å²) in [6.07, 6.45) is 0. The van der Waals surface area contributed by atoms with Crippen LogP contribution in [0.3, 0.4) is 0 Å². The standard InChI is InChI=1S/C19H13ClN2O2S/c1-12-11-25-19(22(12)15-8-6-14(20)7-9-15)21-18(23)17-10-13-4-2-3-5-16(13)24-17/h2-11H,1H3. The highest BCUT2D eigenvalue weighted by Crippen LogP contribution is 2.19. The molecule has 2 heterocycles. The van der Waals surface area contributed by atoms with Crippen LogP contribution >= 0.6 is 22.9 Å². The van der Waals surface area contributed by atoms with Crippen LogP contribution in [0.5, 0.6) is 0 Å². The summed E-state index contributed by atoms with van der Waals surface area (Å²) in [5.74, 6) is -0.171. The molecule has 0 aliphatic rings. The van der Waals surface area contributed by atoms with Crippen molar-refractivity contribution >= 4 is 39.8 Å². The van der Waals surface area contributed by atoms with Crippen molar-refractivity contribution in [1.29, 1.82) is 0 Å². The van der Waals surface area contributed by atoms with Crippen molar-refractivity contribution in [3.8, 4) is 5.69 Å². The van der Waals surface area contributed by atoms with Gasteiger partial charge in [-0.05, 0) is 43.3 Å². The third kappa shape index (κ3) is 3.04. The fourth-order valence-corrected chi connectivity index (χ4v) is 3.60. The third-order valence-electron chi connectivity index (χ3n) is 3.80. The van der Waals surface area contributed by atoms with Crippen molar-refractivity contribution in [3.05, 3.63) is 81.3 Å². The van der Waals surface area contributed by atoms with E-state index in [-0.39, 0.29) is 5.76 Å². The molecule has 25 heavy (non-hydrogen) atoms. The zero-order valence-corrected chi connectivity index (χ0v) is 14.8. The maximum atomic E-state index is 12.5. The molecular weight excluding hydrogens is 356 g/mol. The summed E-state index contributed by atoms with van der Waals surface area (Å²) in [6.45, 7) is 1.97. The van der Waals surface area contributed by atoms with Crippen LogP contribution in [-0.2, 0) is 0 Å². The lowest BCUT2D eigenvalue weighted by atomic mass is 10.2. The van der Waals surface area contributed by atoms with E-state index in [2.05, 4.69) is 4.99 Å². The van der Waals surface area contributed by atoms with Crippen molar-refractivity contribution in [3.63, 3.8) is 0 Å². The molecule has 6 heteroatoms. The molecule has 4 nitrogen and oxygen atoms in total. The Hall–Kier alpha value is -2.63. The normalized spacial score (nSPS) is 12.0. The predicted octanol–water partition coefficient (Wildman–Crippen LogP) is 4.99. The van der Waals surface area contributed by atoms with Crippen LogP contribution in [0.4, 0.5) is 0 Å². The number of rotatable bonds is 2. The fourth-order valence-electron chi connectivity index (χ4n) is 2.60. The molecule has 124 valence electrons. The summed E-state index contributed by atoms with van der Waals surface area (Å²) in [4.78, 5) is 17.4. The molecule has 0 fully saturated rings. The van der Waals surface area contributed by atoms with Crippen LogP contribution in [0, 0.1) is 6.92 Å². The summed E-state index contributed by atoms with van der Waals surface area (Å²) in [6, 6.07) is 16.6. The van der Waals surface area contributed by atoms with E-state index in [9.17, 15) is 4.79 Å². The highest BCUT2D eigenvalue weighted by Gasteiger charge is 2.12. The Morgan fingerprint density at radius 1 is 1.16 bits per heavy atom. The molecule has 0 N–H and O–H groups in total. The molecule has 0 unspecified atom stereocenters. The quantitative estimate of drug-likeness (QED) is 0.500. The number of hydrogen-bond donors (Lipinski definition) is 0. The van der Waals surface area contributed by atoms with E-state index in [4.69, 9.17) is 16.0 Å². The van der Waals surface area contributed by atoms with Gasteiger partial charge in [0.05, 0.1) is 0 Å². The minimum Gasteiger partial charge on any atom is -0.451 e. The van der Waals surface area contributed by atoms with Crippen LogP contribution in [0.25, 0.3) is 16.7 Å². The Kier molecular flexibility index (Phi) is 4.03. The van der Waals surface area contributed by atoms with Gasteiger partial charge in [-0.1, -0.05) is 29.8 Å². The van der Waals surface area contributed by atoms with E-state index >= 15 is 0 Å². The Labute approximate surface area is 152 Å². The minimum atomic E-state index is -0.402. The number of amides is 1. The first-order valence-corrected chi connectivity index (χ1v) is 8.88. The van der Waals surface area contributed by atoms with E-state index in [1.807, 2.05) is 65.4 Å². The van der Waals surface area contributed by atoms with Gasteiger partial charge in [0.25, 0.3) is 0 Å². The molecule has 0 saturated carbocycles. The number of halogens is 1. The van der Waals surface area contributed by atoms with Gasteiger partial charge in [-0.3, -0.25) is 9.36 Å². The number of hydrogen-bond acceptors (Lipinski definition) is 3. The lowest BCUT2D eigenvalue weighted by Gasteiger charge is -2.05. The van der Waals surface area contributed by atoms with Crippen molar-refractivity contribution in [2.45, 2.75) is 6.92 Å². The number of furan rings is 1. The first-order valence-electron chi connectivity index (χ1n) is 7.62. The van der Waals surface area contributed by atoms with E-state index < -0.39 is 5.91 Å². The van der Waals surface area contributed by atoms with Crippen molar-refractivity contribution in [2.24, 2.45) is 4.99 Å². The molecule has 4 aromatic rings. The molecule has 4 rings (SSSR count). The number of carbonyl (C=O) groups is 1. The summed E-state index contributed by atoms with van der Waals surface area (Å²) in [7, 11) is 0. The molecule has 1 amide bonds. The van der Waals surface area contributed by atoms with E-state index in [0.717, 1.165) is 16.8 Å². The van der Waals surface area contributed by atoms with Gasteiger partial charge < -0.3 is 4.42 Å². The van der Waals surface area contributed by atoms with Gasteiger partial charge in [-0.25, -0.2) is 0 Å². The summed E-state index contributed by atoms with van der Waals surface area (Å²) >= 11 is 7.36. The Balaban J connectivity index is 1.79. The number of para-hydroxylation sites is 1. The molecule has 0 saturated heterocycles. The van der Waals surface area contributed by atoms with E-state index in [0.29, 0.717) is 15.4 Å². The number of nitrogens with zero attached hydrogens (tertiary/aromatic N) is 2. The molecule has 2 aromatic heterocycles. The van der Waals surface area contributed by atoms with Crippen LogP contribution in [0.1, 0.15) is 16.2 Å². The van der Waals surface area contributed by atoms with Crippen molar-refractivity contribution < 1.29 is 9.21 Å². The fraction of sp³-hybridized carbons (Fsp3) is 0.0526. The molecule has 0 atom stereocenters. The van der Waals surface area contributed by atoms with E-state index in [1.54, 1.807) is 6.07 Å². The summed E-state index contributed by atoms with van der Waals surface area (Å²) in [5, 5.41) is 3.50. The average Bonchev–Trinajstić information content (AvgIpc) is 3.20. The van der Waals surface area contributed by atoms with Gasteiger partial charge >= 0.3 is 5.91 Å². The highest BCUT2D eigenvalue weighted by molar-refractivity contribution is 7.07. The number of aromatic nitrogens is 1. The maximum Gasteiger partial charge on any atom is 0.315 e. The highest BCUT2D eigenvalue weighted by atomic mass is 35.5. The zero-order valence-electron chi connectivity index (χ0n) is 13.3. The topological polar surface area (TPSA) is 47.5 Å². The second-order valence-corrected chi connectivity index (χ2v) is 6.81. The van der Waals surface area contributed by atoms with Crippen molar-refractivity contribution in [2.75, 3.05) is 0 Å². The SMILES string of the molecule is Cc1csc(=NC(=O)c2cc3ccccc3o2)n1-c1ccc(Cl)cc1. The first-order chi connectivity index (χ1) is 12.1. The molecule has 0 aliphatic carbocycles. The smallest absolute Gasteiger partial charge is 0.315 e. The Morgan fingerprint density at radius 3 is 2.68 bits per heavy atom. The maximum absolute atomic E-state index is 12.5. The molecule has 0 radical (unpaired) electrons. The first kappa shape index (κ1) is 15.9. The zero-order chi connectivity index (χ0) is 17.4. The molecule has 0 spiro atoms. The third-order valence-corrected chi connectivity index (χ3v) is 4.99. The average molecular weight is 369 g/mol. The van der Waals surface area contributed by atoms with Gasteiger partial charge in [-0.15, -0.1) is 11.3 Å². The predicted molar refractivity (Wildman–Crippen MR) is 99.5 cm³/mol. The molecule has 2 aromatic carbocycles. The molecule has 0 bridgehead atoms. The number of aryl methyl sites for hydroxylation is 1. The van der Waals surface area contributed by atoms with Crippen LogP contribution in [0.2, 0.25) is 5.02 Å². The van der Waals surface area contributed by atoms with Crippen LogP contribution in [0.15, 0.2) is 69.4 Å². The molecule has 0 aliphatic heterocycles. The van der Waals surface area contributed by atoms with E-state index in [1.165, 1.54) is 11.3 Å². The van der Waals surface area contributed by atoms with Gasteiger partial charge in [0, 0.05) is 27.2 Å². The second kappa shape index (κ2) is 6.35. The summed E-state index contributed by atoms with van der Waals surface area (Å²) in [5.41, 5.74) is 2.57. The number of carbonyl (C=O) groups excluding carboxylic acids is 1.